The Morgan fingerprint density at radius 1 is 0.862 bits per heavy atom. The SMILES string of the molecule is O=C(NCCc1ccc(S(=O)(=O)N2CCCCC2)cc1)C(=O)Nc1ccccc1. The highest BCUT2D eigenvalue weighted by Gasteiger charge is 2.25. The second-order valence-electron chi connectivity index (χ2n) is 6.93. The van der Waals surface area contributed by atoms with Gasteiger partial charge in [0.15, 0.2) is 0 Å². The molecule has 1 heterocycles. The summed E-state index contributed by atoms with van der Waals surface area (Å²) in [6.07, 6.45) is 3.36. The zero-order valence-corrected chi connectivity index (χ0v) is 17.0. The third-order valence-electron chi connectivity index (χ3n) is 4.81. The van der Waals surface area contributed by atoms with Crippen LogP contribution in [0.1, 0.15) is 24.8 Å². The molecule has 2 amide bonds. The molecular formula is C21H25N3O4S. The van der Waals surface area contributed by atoms with Crippen LogP contribution >= 0.6 is 0 Å². The van der Waals surface area contributed by atoms with Crippen molar-refractivity contribution in [1.29, 1.82) is 0 Å². The van der Waals surface area contributed by atoms with Gasteiger partial charge in [-0.15, -0.1) is 0 Å². The Kier molecular flexibility index (Phi) is 7.00. The summed E-state index contributed by atoms with van der Waals surface area (Å²) in [7, 11) is -3.44. The molecule has 0 aromatic heterocycles. The van der Waals surface area contributed by atoms with E-state index < -0.39 is 21.8 Å². The number of para-hydroxylation sites is 1. The number of hydrogen-bond donors (Lipinski definition) is 2. The van der Waals surface area contributed by atoms with Crippen molar-refractivity contribution >= 4 is 27.5 Å². The zero-order chi connectivity index (χ0) is 20.7. The van der Waals surface area contributed by atoms with E-state index in [9.17, 15) is 18.0 Å². The van der Waals surface area contributed by atoms with Gasteiger partial charge in [0.05, 0.1) is 4.90 Å². The van der Waals surface area contributed by atoms with Crippen LogP contribution in [0.2, 0.25) is 0 Å². The molecule has 1 saturated heterocycles. The van der Waals surface area contributed by atoms with Crippen LogP contribution in [0.5, 0.6) is 0 Å². The fourth-order valence-electron chi connectivity index (χ4n) is 3.19. The summed E-state index contributed by atoms with van der Waals surface area (Å²) in [6.45, 7) is 1.42. The van der Waals surface area contributed by atoms with E-state index in [2.05, 4.69) is 10.6 Å². The van der Waals surface area contributed by atoms with Gasteiger partial charge in [0.2, 0.25) is 10.0 Å². The van der Waals surface area contributed by atoms with Crippen LogP contribution in [-0.2, 0) is 26.0 Å². The molecule has 0 spiro atoms. The average molecular weight is 416 g/mol. The lowest BCUT2D eigenvalue weighted by Crippen LogP contribution is -2.36. The molecular weight excluding hydrogens is 390 g/mol. The first-order chi connectivity index (χ1) is 14.0. The number of piperidine rings is 1. The second-order valence-corrected chi connectivity index (χ2v) is 8.87. The zero-order valence-electron chi connectivity index (χ0n) is 16.1. The molecule has 0 atom stereocenters. The molecule has 29 heavy (non-hydrogen) atoms. The molecule has 8 heteroatoms. The fraction of sp³-hybridized carbons (Fsp3) is 0.333. The van der Waals surface area contributed by atoms with Crippen molar-refractivity contribution in [3.05, 3.63) is 60.2 Å². The Morgan fingerprint density at radius 2 is 1.52 bits per heavy atom. The standard InChI is InChI=1S/C21H25N3O4S/c25-20(21(26)23-18-7-3-1-4-8-18)22-14-13-17-9-11-19(12-10-17)29(27,28)24-15-5-2-6-16-24/h1,3-4,7-12H,2,5-6,13-16H2,(H,22,25)(H,23,26). The number of sulfonamides is 1. The normalized spacial score (nSPS) is 14.9. The van der Waals surface area contributed by atoms with Crippen LogP contribution in [-0.4, -0.2) is 44.2 Å². The number of rotatable bonds is 6. The number of carbonyl (C=O) groups excluding carboxylic acids is 2. The van der Waals surface area contributed by atoms with Crippen LogP contribution in [0.3, 0.4) is 0 Å². The molecule has 2 aromatic carbocycles. The number of carbonyl (C=O) groups is 2. The first kappa shape index (κ1) is 21.0. The van der Waals surface area contributed by atoms with Gasteiger partial charge in [-0.1, -0.05) is 36.8 Å². The maximum atomic E-state index is 12.7. The van der Waals surface area contributed by atoms with Crippen molar-refractivity contribution in [2.24, 2.45) is 0 Å². The molecule has 0 bridgehead atoms. The van der Waals surface area contributed by atoms with Gasteiger partial charge < -0.3 is 10.6 Å². The smallest absolute Gasteiger partial charge is 0.313 e. The van der Waals surface area contributed by atoms with Gasteiger partial charge in [0.1, 0.15) is 0 Å². The minimum absolute atomic E-state index is 0.277. The van der Waals surface area contributed by atoms with Crippen molar-refractivity contribution in [3.8, 4) is 0 Å². The van der Waals surface area contributed by atoms with Crippen LogP contribution in [0.15, 0.2) is 59.5 Å². The first-order valence-electron chi connectivity index (χ1n) is 9.70. The Bertz CT molecular complexity index is 938. The molecule has 1 aliphatic heterocycles. The quantitative estimate of drug-likeness (QED) is 0.707. The molecule has 7 nitrogen and oxygen atoms in total. The predicted octanol–water partition coefficient (Wildman–Crippen LogP) is 2.16. The monoisotopic (exact) mass is 415 g/mol. The summed E-state index contributed by atoms with van der Waals surface area (Å²) in [4.78, 5) is 24.0. The maximum Gasteiger partial charge on any atom is 0.313 e. The predicted molar refractivity (Wildman–Crippen MR) is 111 cm³/mol. The molecule has 1 fully saturated rings. The number of amides is 2. The summed E-state index contributed by atoms with van der Waals surface area (Å²) in [6, 6.07) is 15.4. The highest BCUT2D eigenvalue weighted by molar-refractivity contribution is 7.89. The van der Waals surface area contributed by atoms with Gasteiger partial charge >= 0.3 is 11.8 Å². The molecule has 0 aliphatic carbocycles. The lowest BCUT2D eigenvalue weighted by Gasteiger charge is -2.25. The van der Waals surface area contributed by atoms with Crippen LogP contribution in [0, 0.1) is 0 Å². The van der Waals surface area contributed by atoms with E-state index in [1.165, 1.54) is 4.31 Å². The maximum absolute atomic E-state index is 12.7. The van der Waals surface area contributed by atoms with E-state index in [1.807, 2.05) is 6.07 Å². The van der Waals surface area contributed by atoms with Crippen molar-refractivity contribution < 1.29 is 18.0 Å². The molecule has 0 radical (unpaired) electrons. The van der Waals surface area contributed by atoms with E-state index in [1.54, 1.807) is 48.5 Å². The van der Waals surface area contributed by atoms with Gasteiger partial charge in [-0.25, -0.2) is 8.42 Å². The summed E-state index contributed by atoms with van der Waals surface area (Å²) < 4.78 is 26.8. The second kappa shape index (κ2) is 9.67. The number of nitrogens with one attached hydrogen (secondary N) is 2. The third-order valence-corrected chi connectivity index (χ3v) is 6.73. The van der Waals surface area contributed by atoms with E-state index in [4.69, 9.17) is 0 Å². The number of hydrogen-bond acceptors (Lipinski definition) is 4. The lowest BCUT2D eigenvalue weighted by molar-refractivity contribution is -0.136. The minimum atomic E-state index is -3.44. The third kappa shape index (κ3) is 5.65. The Labute approximate surface area is 171 Å². The first-order valence-corrected chi connectivity index (χ1v) is 11.1. The van der Waals surface area contributed by atoms with E-state index in [0.29, 0.717) is 25.2 Å². The van der Waals surface area contributed by atoms with Crippen LogP contribution < -0.4 is 10.6 Å². The lowest BCUT2D eigenvalue weighted by atomic mass is 10.1. The molecule has 0 saturated carbocycles. The highest BCUT2D eigenvalue weighted by atomic mass is 32.2. The number of benzene rings is 2. The molecule has 3 rings (SSSR count). The fourth-order valence-corrected chi connectivity index (χ4v) is 4.71. The van der Waals surface area contributed by atoms with Gasteiger partial charge in [0, 0.05) is 25.3 Å². The summed E-state index contributed by atoms with van der Waals surface area (Å²) in [5.74, 6) is -1.43. The van der Waals surface area contributed by atoms with Crippen molar-refractivity contribution in [2.45, 2.75) is 30.6 Å². The largest absolute Gasteiger partial charge is 0.347 e. The van der Waals surface area contributed by atoms with Gasteiger partial charge in [-0.3, -0.25) is 9.59 Å². The summed E-state index contributed by atoms with van der Waals surface area (Å²) >= 11 is 0. The van der Waals surface area contributed by atoms with Gasteiger partial charge in [-0.05, 0) is 49.1 Å². The average Bonchev–Trinajstić information content (AvgIpc) is 2.75. The van der Waals surface area contributed by atoms with E-state index in [0.717, 1.165) is 24.8 Å². The summed E-state index contributed by atoms with van der Waals surface area (Å²) in [5.41, 5.74) is 1.43. The number of anilines is 1. The van der Waals surface area contributed by atoms with Crippen molar-refractivity contribution in [3.63, 3.8) is 0 Å². The Hall–Kier alpha value is -2.71. The van der Waals surface area contributed by atoms with Crippen molar-refractivity contribution in [1.82, 2.24) is 9.62 Å². The molecule has 0 unspecified atom stereocenters. The van der Waals surface area contributed by atoms with Gasteiger partial charge in [0.25, 0.3) is 0 Å². The topological polar surface area (TPSA) is 95.6 Å². The Morgan fingerprint density at radius 3 is 2.17 bits per heavy atom. The molecule has 1 aliphatic rings. The van der Waals surface area contributed by atoms with Crippen LogP contribution in [0.25, 0.3) is 0 Å². The van der Waals surface area contributed by atoms with Crippen molar-refractivity contribution in [2.75, 3.05) is 25.0 Å². The molecule has 154 valence electrons. The molecule has 2 N–H and O–H groups in total. The summed E-state index contributed by atoms with van der Waals surface area (Å²) in [5, 5.41) is 5.09. The molecule has 2 aromatic rings. The number of nitrogens with zero attached hydrogens (tertiary/aromatic N) is 1. The minimum Gasteiger partial charge on any atom is -0.347 e. The van der Waals surface area contributed by atoms with E-state index in [-0.39, 0.29) is 11.4 Å². The van der Waals surface area contributed by atoms with Crippen LogP contribution in [0.4, 0.5) is 5.69 Å². The Balaban J connectivity index is 1.48. The highest BCUT2D eigenvalue weighted by Crippen LogP contribution is 2.20. The van der Waals surface area contributed by atoms with E-state index >= 15 is 0 Å². The van der Waals surface area contributed by atoms with Gasteiger partial charge in [-0.2, -0.15) is 4.31 Å².